The summed E-state index contributed by atoms with van der Waals surface area (Å²) in [4.78, 5) is 16.1. The summed E-state index contributed by atoms with van der Waals surface area (Å²) in [6.07, 6.45) is -0.562. The zero-order chi connectivity index (χ0) is 18.6. The lowest BCUT2D eigenvalue weighted by atomic mass is 9.88. The summed E-state index contributed by atoms with van der Waals surface area (Å²) in [7, 11) is 0. The molecule has 1 fully saturated rings. The number of carbonyl (C=O) groups excluding carboxylic acids is 1. The summed E-state index contributed by atoms with van der Waals surface area (Å²) >= 11 is 0. The number of anilines is 1. The second-order valence-corrected chi connectivity index (χ2v) is 6.42. The summed E-state index contributed by atoms with van der Waals surface area (Å²) in [6.45, 7) is 0.505. The van der Waals surface area contributed by atoms with Gasteiger partial charge in [-0.2, -0.15) is 13.2 Å². The molecule has 2 unspecified atom stereocenters. The molecule has 2 heterocycles. The van der Waals surface area contributed by atoms with E-state index in [0.717, 1.165) is 11.1 Å². The Morgan fingerprint density at radius 3 is 2.42 bits per heavy atom. The molecule has 1 amide bonds. The number of rotatable bonds is 4. The Labute approximate surface area is 149 Å². The van der Waals surface area contributed by atoms with Gasteiger partial charge in [0.25, 0.3) is 0 Å². The van der Waals surface area contributed by atoms with Crippen molar-refractivity contribution in [2.24, 2.45) is 5.92 Å². The van der Waals surface area contributed by atoms with E-state index in [1.54, 1.807) is 24.5 Å². The molecule has 26 heavy (non-hydrogen) atoms. The van der Waals surface area contributed by atoms with Crippen LogP contribution in [0, 0.1) is 5.92 Å². The third kappa shape index (κ3) is 4.60. The van der Waals surface area contributed by atoms with E-state index in [2.05, 4.69) is 15.6 Å². The van der Waals surface area contributed by atoms with E-state index in [4.69, 9.17) is 0 Å². The second-order valence-electron chi connectivity index (χ2n) is 6.42. The zero-order valence-corrected chi connectivity index (χ0v) is 14.1. The highest BCUT2D eigenvalue weighted by Gasteiger charge is 2.45. The maximum absolute atomic E-state index is 13.1. The predicted molar refractivity (Wildman–Crippen MR) is 93.5 cm³/mol. The molecule has 0 aliphatic carbocycles. The first-order valence-electron chi connectivity index (χ1n) is 8.54. The summed E-state index contributed by atoms with van der Waals surface area (Å²) in [5.41, 5.74) is 2.53. The zero-order valence-electron chi connectivity index (χ0n) is 14.1. The molecule has 2 N–H and O–H groups in total. The van der Waals surface area contributed by atoms with Gasteiger partial charge < -0.3 is 10.6 Å². The van der Waals surface area contributed by atoms with Crippen LogP contribution in [0.5, 0.6) is 0 Å². The van der Waals surface area contributed by atoms with Gasteiger partial charge in [-0.1, -0.05) is 12.1 Å². The summed E-state index contributed by atoms with van der Waals surface area (Å²) in [5, 5.41) is 5.52. The average molecular weight is 363 g/mol. The van der Waals surface area contributed by atoms with Crippen molar-refractivity contribution in [3.63, 3.8) is 0 Å². The Kier molecular flexibility index (Phi) is 5.56. The fourth-order valence-corrected chi connectivity index (χ4v) is 3.26. The predicted octanol–water partition coefficient (Wildman–Crippen LogP) is 4.01. The number of hydrogen-bond donors (Lipinski definition) is 2. The first kappa shape index (κ1) is 18.4. The van der Waals surface area contributed by atoms with E-state index in [0.29, 0.717) is 18.7 Å². The van der Waals surface area contributed by atoms with E-state index >= 15 is 0 Å². The first-order valence-corrected chi connectivity index (χ1v) is 8.54. The summed E-state index contributed by atoms with van der Waals surface area (Å²) in [5.74, 6) is -1.90. The highest BCUT2D eigenvalue weighted by Crippen LogP contribution is 2.35. The maximum Gasteiger partial charge on any atom is 0.393 e. The van der Waals surface area contributed by atoms with E-state index < -0.39 is 24.0 Å². The number of piperidine rings is 1. The van der Waals surface area contributed by atoms with Gasteiger partial charge in [-0.15, -0.1) is 0 Å². The van der Waals surface area contributed by atoms with Gasteiger partial charge in [-0.3, -0.25) is 9.78 Å². The molecule has 0 bridgehead atoms. The van der Waals surface area contributed by atoms with E-state index in [-0.39, 0.29) is 12.8 Å². The molecule has 7 heteroatoms. The van der Waals surface area contributed by atoms with Crippen molar-refractivity contribution in [1.82, 2.24) is 10.3 Å². The van der Waals surface area contributed by atoms with Crippen LogP contribution < -0.4 is 10.6 Å². The lowest BCUT2D eigenvalue weighted by Gasteiger charge is -2.33. The number of benzene rings is 1. The van der Waals surface area contributed by atoms with Crippen LogP contribution in [0.3, 0.4) is 0 Å². The molecule has 1 aromatic heterocycles. The van der Waals surface area contributed by atoms with Crippen LogP contribution in [0.15, 0.2) is 48.8 Å². The molecule has 2 atom stereocenters. The molecule has 4 nitrogen and oxygen atoms in total. The molecular formula is C19H20F3N3O. The highest BCUT2D eigenvalue weighted by atomic mass is 19.4. The topological polar surface area (TPSA) is 54.0 Å². The number of alkyl halides is 3. The number of aromatic nitrogens is 1. The average Bonchev–Trinajstić information content (AvgIpc) is 2.62. The van der Waals surface area contributed by atoms with Crippen molar-refractivity contribution in [2.75, 3.05) is 11.9 Å². The molecule has 0 spiro atoms. The summed E-state index contributed by atoms with van der Waals surface area (Å²) < 4.78 is 39.3. The van der Waals surface area contributed by atoms with Gasteiger partial charge in [0, 0.05) is 30.5 Å². The van der Waals surface area contributed by atoms with Gasteiger partial charge in [-0.05, 0) is 54.8 Å². The van der Waals surface area contributed by atoms with Crippen LogP contribution in [-0.2, 0) is 4.79 Å². The van der Waals surface area contributed by atoms with Crippen LogP contribution in [-0.4, -0.2) is 29.7 Å². The van der Waals surface area contributed by atoms with Crippen molar-refractivity contribution >= 4 is 11.6 Å². The number of carbonyl (C=O) groups is 1. The Morgan fingerprint density at radius 1 is 1.12 bits per heavy atom. The minimum absolute atomic E-state index is 0.0646. The van der Waals surface area contributed by atoms with Gasteiger partial charge in [0.05, 0.1) is 5.92 Å². The van der Waals surface area contributed by atoms with Crippen molar-refractivity contribution in [3.8, 4) is 11.1 Å². The molecule has 3 rings (SSSR count). The van der Waals surface area contributed by atoms with Crippen LogP contribution in [0.25, 0.3) is 11.1 Å². The molecular weight excluding hydrogens is 343 g/mol. The van der Waals surface area contributed by atoms with Gasteiger partial charge in [0.15, 0.2) is 0 Å². The summed E-state index contributed by atoms with van der Waals surface area (Å²) in [6, 6.07) is 10.1. The van der Waals surface area contributed by atoms with Gasteiger partial charge in [-0.25, -0.2) is 0 Å². The lowest BCUT2D eigenvalue weighted by Crippen LogP contribution is -2.49. The van der Waals surface area contributed by atoms with Crippen LogP contribution in [0.1, 0.15) is 19.3 Å². The van der Waals surface area contributed by atoms with Gasteiger partial charge in [0.1, 0.15) is 0 Å². The van der Waals surface area contributed by atoms with E-state index in [1.165, 1.54) is 0 Å². The Morgan fingerprint density at radius 2 is 1.77 bits per heavy atom. The fraction of sp³-hybridized carbons (Fsp3) is 0.368. The van der Waals surface area contributed by atoms with Gasteiger partial charge in [0.2, 0.25) is 5.91 Å². The Balaban J connectivity index is 1.61. The number of halogens is 3. The maximum atomic E-state index is 13.1. The third-order valence-electron chi connectivity index (χ3n) is 4.59. The number of hydrogen-bond acceptors (Lipinski definition) is 3. The Bertz CT molecular complexity index is 732. The molecule has 0 radical (unpaired) electrons. The largest absolute Gasteiger partial charge is 0.393 e. The molecule has 1 aliphatic heterocycles. The van der Waals surface area contributed by atoms with Crippen molar-refractivity contribution in [2.45, 2.75) is 31.5 Å². The third-order valence-corrected chi connectivity index (χ3v) is 4.59. The van der Waals surface area contributed by atoms with Crippen LogP contribution in [0.4, 0.5) is 18.9 Å². The molecule has 1 saturated heterocycles. The second kappa shape index (κ2) is 7.86. The molecule has 138 valence electrons. The fourth-order valence-electron chi connectivity index (χ4n) is 3.26. The van der Waals surface area contributed by atoms with Crippen molar-refractivity contribution in [1.29, 1.82) is 0 Å². The Hall–Kier alpha value is -2.41. The number of nitrogens with one attached hydrogen (secondary N) is 2. The van der Waals surface area contributed by atoms with Crippen molar-refractivity contribution < 1.29 is 18.0 Å². The van der Waals surface area contributed by atoms with Crippen LogP contribution in [0.2, 0.25) is 0 Å². The number of pyridine rings is 1. The molecule has 1 aromatic carbocycles. The monoisotopic (exact) mass is 363 g/mol. The first-order chi connectivity index (χ1) is 12.4. The van der Waals surface area contributed by atoms with Crippen LogP contribution >= 0.6 is 0 Å². The molecule has 1 aliphatic rings. The minimum atomic E-state index is -4.29. The lowest BCUT2D eigenvalue weighted by molar-refractivity contribution is -0.188. The van der Waals surface area contributed by atoms with Crippen molar-refractivity contribution in [3.05, 3.63) is 48.8 Å². The highest BCUT2D eigenvalue weighted by molar-refractivity contribution is 5.91. The molecule has 2 aromatic rings. The normalized spacial score (nSPS) is 20.6. The smallest absolute Gasteiger partial charge is 0.326 e. The van der Waals surface area contributed by atoms with Gasteiger partial charge >= 0.3 is 6.18 Å². The quantitative estimate of drug-likeness (QED) is 0.863. The molecule has 0 saturated carbocycles. The number of amides is 1. The number of nitrogens with zero attached hydrogens (tertiary/aromatic N) is 1. The van der Waals surface area contributed by atoms with E-state index in [1.807, 2.05) is 24.3 Å². The van der Waals surface area contributed by atoms with E-state index in [9.17, 15) is 18.0 Å². The standard InChI is InChI=1S/C19H20F3N3O/c20-19(21,22)16-2-1-9-24-17(16)12-18(26)25-15-5-3-13(4-6-15)14-7-10-23-11-8-14/h3-8,10-11,16-17,24H,1-2,9,12H2,(H,25,26). The SMILES string of the molecule is O=C(CC1NCCCC1C(F)(F)F)Nc1ccc(-c2ccncc2)cc1. The minimum Gasteiger partial charge on any atom is -0.326 e.